The van der Waals surface area contributed by atoms with Crippen molar-refractivity contribution in [2.24, 2.45) is 17.8 Å². The van der Waals surface area contributed by atoms with Gasteiger partial charge in [-0.05, 0) is 95.2 Å². The Labute approximate surface area is 171 Å². The average molecular weight is 396 g/mol. The molecule has 6 rings (SSSR count). The number of hydrogen-bond donors (Lipinski definition) is 2. The van der Waals surface area contributed by atoms with Crippen LogP contribution in [0.5, 0.6) is 0 Å². The summed E-state index contributed by atoms with van der Waals surface area (Å²) < 4.78 is 0. The van der Waals surface area contributed by atoms with Gasteiger partial charge in [0.25, 0.3) is 11.8 Å². The smallest absolute Gasteiger partial charge is 0.319 e. The minimum absolute atomic E-state index is 0.0651. The van der Waals surface area contributed by atoms with Crippen LogP contribution in [-0.2, 0) is 0 Å². The lowest BCUT2D eigenvalue weighted by molar-refractivity contribution is -0.0127. The number of amides is 4. The summed E-state index contributed by atoms with van der Waals surface area (Å²) in [6, 6.07) is 4.76. The first kappa shape index (κ1) is 18.6. The summed E-state index contributed by atoms with van der Waals surface area (Å²) in [6.07, 6.45) is 7.24. The Bertz CT molecular complexity index is 879. The molecule has 6 nitrogen and oxygen atoms in total. The zero-order valence-electron chi connectivity index (χ0n) is 17.4. The third-order valence-electron chi connectivity index (χ3n) is 7.23. The van der Waals surface area contributed by atoms with Crippen molar-refractivity contribution in [3.63, 3.8) is 0 Å². The monoisotopic (exact) mass is 395 g/mol. The molecule has 1 aliphatic heterocycles. The number of urea groups is 1. The molecule has 0 saturated heterocycles. The molecule has 6 heteroatoms. The van der Waals surface area contributed by atoms with E-state index in [0.717, 1.165) is 37.0 Å². The molecule has 1 heterocycles. The van der Waals surface area contributed by atoms with Crippen LogP contribution in [0.1, 0.15) is 80.0 Å². The van der Waals surface area contributed by atoms with Gasteiger partial charge >= 0.3 is 6.03 Å². The molecular formula is C23H29N3O3. The van der Waals surface area contributed by atoms with Gasteiger partial charge in [0.2, 0.25) is 0 Å². The summed E-state index contributed by atoms with van der Waals surface area (Å²) in [5.41, 5.74) is 0.651. The summed E-state index contributed by atoms with van der Waals surface area (Å²) in [5, 5.41) is 6.18. The van der Waals surface area contributed by atoms with E-state index < -0.39 is 5.54 Å². The van der Waals surface area contributed by atoms with E-state index in [1.54, 1.807) is 18.2 Å². The Morgan fingerprint density at radius 3 is 2.07 bits per heavy atom. The van der Waals surface area contributed by atoms with Crippen molar-refractivity contribution in [3.8, 4) is 0 Å². The number of imide groups is 1. The predicted octanol–water partition coefficient (Wildman–Crippen LogP) is 4.17. The lowest BCUT2D eigenvalue weighted by atomic mass is 9.53. The van der Waals surface area contributed by atoms with Crippen molar-refractivity contribution in [1.29, 1.82) is 0 Å². The van der Waals surface area contributed by atoms with Gasteiger partial charge in [0.15, 0.2) is 0 Å². The lowest BCUT2D eigenvalue weighted by Gasteiger charge is -2.56. The fraction of sp³-hybridized carbons (Fsp3) is 0.609. The number of fused-ring (bicyclic) bond motifs is 1. The Morgan fingerprint density at radius 1 is 0.966 bits per heavy atom. The Kier molecular flexibility index (Phi) is 3.90. The van der Waals surface area contributed by atoms with Crippen LogP contribution in [0.15, 0.2) is 18.2 Å². The van der Waals surface area contributed by atoms with Crippen LogP contribution in [0.2, 0.25) is 0 Å². The molecule has 4 aliphatic carbocycles. The van der Waals surface area contributed by atoms with Gasteiger partial charge in [0.1, 0.15) is 0 Å². The molecule has 4 fully saturated rings. The topological polar surface area (TPSA) is 78.5 Å². The van der Waals surface area contributed by atoms with E-state index >= 15 is 0 Å². The third kappa shape index (κ3) is 3.04. The normalized spacial score (nSPS) is 32.5. The summed E-state index contributed by atoms with van der Waals surface area (Å²) in [6.45, 7) is 5.52. The van der Waals surface area contributed by atoms with E-state index in [1.165, 1.54) is 24.2 Å². The van der Waals surface area contributed by atoms with Crippen LogP contribution in [0.4, 0.5) is 10.5 Å². The maximum Gasteiger partial charge on any atom is 0.319 e. The van der Waals surface area contributed by atoms with Gasteiger partial charge in [0.05, 0.1) is 11.1 Å². The van der Waals surface area contributed by atoms with E-state index in [2.05, 4.69) is 10.6 Å². The van der Waals surface area contributed by atoms with Crippen molar-refractivity contribution < 1.29 is 14.4 Å². The summed E-state index contributed by atoms with van der Waals surface area (Å²) in [5.74, 6) is 1.69. The largest absolute Gasteiger partial charge is 0.332 e. The van der Waals surface area contributed by atoms with Gasteiger partial charge < -0.3 is 10.6 Å². The minimum atomic E-state index is -0.587. The molecule has 0 atom stereocenters. The predicted molar refractivity (Wildman–Crippen MR) is 110 cm³/mol. The molecule has 29 heavy (non-hydrogen) atoms. The molecule has 1 aromatic carbocycles. The second-order valence-corrected chi connectivity index (χ2v) is 10.7. The van der Waals surface area contributed by atoms with Gasteiger partial charge in [-0.3, -0.25) is 14.5 Å². The third-order valence-corrected chi connectivity index (χ3v) is 7.23. The van der Waals surface area contributed by atoms with Crippen molar-refractivity contribution in [2.75, 3.05) is 5.32 Å². The second kappa shape index (κ2) is 6.07. The molecule has 1 aromatic rings. The highest BCUT2D eigenvalue weighted by molar-refractivity contribution is 6.22. The van der Waals surface area contributed by atoms with E-state index in [9.17, 15) is 14.4 Å². The van der Waals surface area contributed by atoms with Gasteiger partial charge in [-0.15, -0.1) is 0 Å². The van der Waals surface area contributed by atoms with Crippen molar-refractivity contribution in [1.82, 2.24) is 10.2 Å². The number of anilines is 1. The second-order valence-electron chi connectivity index (χ2n) is 10.7. The molecular weight excluding hydrogens is 366 g/mol. The number of rotatable bonds is 2. The minimum Gasteiger partial charge on any atom is -0.332 e. The van der Waals surface area contributed by atoms with Crippen LogP contribution in [0, 0.1) is 17.8 Å². The van der Waals surface area contributed by atoms with Crippen LogP contribution < -0.4 is 10.6 Å². The molecule has 4 bridgehead atoms. The maximum absolute atomic E-state index is 12.8. The maximum atomic E-state index is 12.8. The average Bonchev–Trinajstić information content (AvgIpc) is 2.83. The van der Waals surface area contributed by atoms with Gasteiger partial charge in [0, 0.05) is 16.8 Å². The number of carbonyl (C=O) groups is 3. The highest BCUT2D eigenvalue weighted by Gasteiger charge is 2.51. The quantitative estimate of drug-likeness (QED) is 0.738. The summed E-state index contributed by atoms with van der Waals surface area (Å²) in [4.78, 5) is 39.4. The number of benzene rings is 1. The van der Waals surface area contributed by atoms with Gasteiger partial charge in [-0.1, -0.05) is 0 Å². The molecule has 5 aliphatic rings. The number of nitrogens with one attached hydrogen (secondary N) is 2. The number of carbonyl (C=O) groups excluding carboxylic acids is 3. The molecule has 0 radical (unpaired) electrons. The first-order valence-electron chi connectivity index (χ1n) is 10.8. The molecule has 0 spiro atoms. The molecule has 154 valence electrons. The van der Waals surface area contributed by atoms with Crippen molar-refractivity contribution >= 4 is 23.5 Å². The Balaban J connectivity index is 1.31. The first-order chi connectivity index (χ1) is 13.6. The summed E-state index contributed by atoms with van der Waals surface area (Å²) in [7, 11) is 0. The van der Waals surface area contributed by atoms with E-state index in [0.29, 0.717) is 16.8 Å². The summed E-state index contributed by atoms with van der Waals surface area (Å²) >= 11 is 0. The zero-order valence-corrected chi connectivity index (χ0v) is 17.4. The molecule has 4 amide bonds. The van der Waals surface area contributed by atoms with Crippen LogP contribution in [-0.4, -0.2) is 33.8 Å². The first-order valence-corrected chi connectivity index (χ1v) is 10.8. The fourth-order valence-electron chi connectivity index (χ4n) is 6.59. The van der Waals surface area contributed by atoms with Crippen LogP contribution in [0.3, 0.4) is 0 Å². The van der Waals surface area contributed by atoms with Gasteiger partial charge in [-0.25, -0.2) is 4.79 Å². The van der Waals surface area contributed by atoms with E-state index in [1.807, 2.05) is 20.8 Å². The Hall–Kier alpha value is -2.37. The molecule has 0 unspecified atom stereocenters. The van der Waals surface area contributed by atoms with Gasteiger partial charge in [-0.2, -0.15) is 0 Å². The SMILES string of the molecule is CC(C)(C)N1C(=O)c2ccc(NC(=O)NC34CC5CC(CC(C5)C3)C4)cc2C1=O. The highest BCUT2D eigenvalue weighted by atomic mass is 16.2. The van der Waals surface area contributed by atoms with E-state index in [-0.39, 0.29) is 23.4 Å². The van der Waals surface area contributed by atoms with Crippen molar-refractivity contribution in [2.45, 2.75) is 70.4 Å². The number of hydrogen-bond acceptors (Lipinski definition) is 3. The number of nitrogens with zero attached hydrogens (tertiary/aromatic N) is 1. The molecule has 4 saturated carbocycles. The molecule has 2 N–H and O–H groups in total. The van der Waals surface area contributed by atoms with Crippen LogP contribution in [0.25, 0.3) is 0 Å². The van der Waals surface area contributed by atoms with Crippen LogP contribution >= 0.6 is 0 Å². The van der Waals surface area contributed by atoms with E-state index in [4.69, 9.17) is 0 Å². The molecule has 0 aromatic heterocycles. The lowest BCUT2D eigenvalue weighted by Crippen LogP contribution is -2.60. The fourth-order valence-corrected chi connectivity index (χ4v) is 6.59. The van der Waals surface area contributed by atoms with Crippen molar-refractivity contribution in [3.05, 3.63) is 29.3 Å². The zero-order chi connectivity index (χ0) is 20.6. The standard InChI is InChI=1S/C23H29N3O3/c1-22(2,3)26-19(27)17-5-4-16(9-18(17)20(26)28)24-21(29)25-23-10-13-6-14(11-23)8-15(7-13)12-23/h4-5,9,13-15H,6-8,10-12H2,1-3H3,(H2,24,25,29). The highest BCUT2D eigenvalue weighted by Crippen LogP contribution is 2.55. The Morgan fingerprint density at radius 2 is 1.52 bits per heavy atom.